The van der Waals surface area contributed by atoms with Crippen molar-refractivity contribution in [2.75, 3.05) is 18.2 Å². The van der Waals surface area contributed by atoms with Crippen LogP contribution in [0.5, 0.6) is 0 Å². The SMILES string of the molecule is CC1CN(C(=O)C2CSCN2)Cc2ccccc21. The molecule has 2 aliphatic rings. The number of hydrogen-bond donors (Lipinski definition) is 1. The summed E-state index contributed by atoms with van der Waals surface area (Å²) in [6, 6.07) is 8.49. The average Bonchev–Trinajstić information content (AvgIpc) is 2.91. The van der Waals surface area contributed by atoms with E-state index >= 15 is 0 Å². The first kappa shape index (κ1) is 12.1. The van der Waals surface area contributed by atoms with Gasteiger partial charge in [-0.2, -0.15) is 0 Å². The molecule has 2 heterocycles. The minimum Gasteiger partial charge on any atom is -0.336 e. The molecule has 2 atom stereocenters. The maximum Gasteiger partial charge on any atom is 0.240 e. The van der Waals surface area contributed by atoms with Gasteiger partial charge in [-0.15, -0.1) is 11.8 Å². The third-order valence-electron chi connectivity index (χ3n) is 3.77. The van der Waals surface area contributed by atoms with Crippen LogP contribution in [0.4, 0.5) is 0 Å². The topological polar surface area (TPSA) is 32.3 Å². The number of fused-ring (bicyclic) bond motifs is 1. The first-order valence-electron chi connectivity index (χ1n) is 6.43. The van der Waals surface area contributed by atoms with Gasteiger partial charge in [0, 0.05) is 24.7 Å². The highest BCUT2D eigenvalue weighted by atomic mass is 32.2. The third kappa shape index (κ3) is 2.15. The van der Waals surface area contributed by atoms with Crippen molar-refractivity contribution in [1.29, 1.82) is 0 Å². The van der Waals surface area contributed by atoms with E-state index in [0.717, 1.165) is 24.7 Å². The molecule has 2 aliphatic heterocycles. The van der Waals surface area contributed by atoms with Gasteiger partial charge < -0.3 is 4.90 Å². The van der Waals surface area contributed by atoms with E-state index < -0.39 is 0 Å². The zero-order chi connectivity index (χ0) is 12.5. The lowest BCUT2D eigenvalue weighted by atomic mass is 9.91. The number of rotatable bonds is 1. The molecule has 1 fully saturated rings. The summed E-state index contributed by atoms with van der Waals surface area (Å²) >= 11 is 1.80. The fraction of sp³-hybridized carbons (Fsp3) is 0.500. The second-order valence-electron chi connectivity index (χ2n) is 5.09. The first-order chi connectivity index (χ1) is 8.75. The standard InChI is InChI=1S/C14H18N2OS/c1-10-6-16(14(17)13-8-18-9-15-13)7-11-4-2-3-5-12(10)11/h2-5,10,13,15H,6-9H2,1H3. The molecule has 1 amide bonds. The molecule has 0 spiro atoms. The Morgan fingerprint density at radius 3 is 3.06 bits per heavy atom. The first-order valence-corrected chi connectivity index (χ1v) is 7.59. The molecular formula is C14H18N2OS. The van der Waals surface area contributed by atoms with Crippen LogP contribution in [0, 0.1) is 0 Å². The summed E-state index contributed by atoms with van der Waals surface area (Å²) in [5.41, 5.74) is 2.70. The molecule has 1 aromatic carbocycles. The van der Waals surface area contributed by atoms with Crippen LogP contribution in [-0.2, 0) is 11.3 Å². The number of nitrogens with one attached hydrogen (secondary N) is 1. The lowest BCUT2D eigenvalue weighted by Crippen LogP contribution is -2.47. The molecule has 4 heteroatoms. The summed E-state index contributed by atoms with van der Waals surface area (Å²) in [7, 11) is 0. The molecule has 2 unspecified atom stereocenters. The van der Waals surface area contributed by atoms with Gasteiger partial charge in [-0.3, -0.25) is 10.1 Å². The number of hydrogen-bond acceptors (Lipinski definition) is 3. The van der Waals surface area contributed by atoms with Gasteiger partial charge in [0.05, 0.1) is 6.04 Å². The minimum absolute atomic E-state index is 0.0208. The molecule has 3 rings (SSSR count). The van der Waals surface area contributed by atoms with Crippen molar-refractivity contribution >= 4 is 17.7 Å². The molecule has 3 nitrogen and oxygen atoms in total. The zero-order valence-corrected chi connectivity index (χ0v) is 11.4. The van der Waals surface area contributed by atoms with E-state index in [0.29, 0.717) is 5.92 Å². The minimum atomic E-state index is 0.0208. The lowest BCUT2D eigenvalue weighted by molar-refractivity contribution is -0.133. The van der Waals surface area contributed by atoms with Gasteiger partial charge in [0.2, 0.25) is 5.91 Å². The quantitative estimate of drug-likeness (QED) is 0.837. The monoisotopic (exact) mass is 262 g/mol. The fourth-order valence-electron chi connectivity index (χ4n) is 2.80. The van der Waals surface area contributed by atoms with Gasteiger partial charge in [0.25, 0.3) is 0 Å². The lowest BCUT2D eigenvalue weighted by Gasteiger charge is -2.34. The highest BCUT2D eigenvalue weighted by Crippen LogP contribution is 2.28. The van der Waals surface area contributed by atoms with Crippen molar-refractivity contribution in [2.24, 2.45) is 0 Å². The Kier molecular flexibility index (Phi) is 3.31. The number of carbonyl (C=O) groups is 1. The molecule has 96 valence electrons. The van der Waals surface area contributed by atoms with Gasteiger partial charge in [-0.1, -0.05) is 31.2 Å². The molecule has 1 N–H and O–H groups in total. The van der Waals surface area contributed by atoms with E-state index in [4.69, 9.17) is 0 Å². The molecule has 18 heavy (non-hydrogen) atoms. The molecule has 0 saturated carbocycles. The van der Waals surface area contributed by atoms with E-state index in [2.05, 4.69) is 36.5 Å². The van der Waals surface area contributed by atoms with Crippen molar-refractivity contribution < 1.29 is 4.79 Å². The molecule has 0 aliphatic carbocycles. The molecular weight excluding hydrogens is 244 g/mol. The van der Waals surface area contributed by atoms with E-state index in [1.54, 1.807) is 11.8 Å². The number of thioether (sulfide) groups is 1. The van der Waals surface area contributed by atoms with E-state index in [9.17, 15) is 4.79 Å². The van der Waals surface area contributed by atoms with Gasteiger partial charge in [0.15, 0.2) is 0 Å². The van der Waals surface area contributed by atoms with Crippen LogP contribution in [0.15, 0.2) is 24.3 Å². The van der Waals surface area contributed by atoms with Gasteiger partial charge in [-0.25, -0.2) is 0 Å². The summed E-state index contributed by atoms with van der Waals surface area (Å²) in [5.74, 6) is 2.51. The Hall–Kier alpha value is -1.00. The summed E-state index contributed by atoms with van der Waals surface area (Å²) in [6.07, 6.45) is 0. The Morgan fingerprint density at radius 1 is 1.44 bits per heavy atom. The predicted octanol–water partition coefficient (Wildman–Crippen LogP) is 1.79. The summed E-state index contributed by atoms with van der Waals surface area (Å²) in [5, 5.41) is 3.26. The second kappa shape index (κ2) is 4.94. The maximum atomic E-state index is 12.4. The molecule has 0 bridgehead atoms. The van der Waals surface area contributed by atoms with Crippen LogP contribution < -0.4 is 5.32 Å². The van der Waals surface area contributed by atoms with Gasteiger partial charge in [0.1, 0.15) is 0 Å². The Balaban J connectivity index is 1.79. The highest BCUT2D eigenvalue weighted by Gasteiger charge is 2.31. The Morgan fingerprint density at radius 2 is 2.28 bits per heavy atom. The summed E-state index contributed by atoms with van der Waals surface area (Å²) in [6.45, 7) is 3.82. The third-order valence-corrected chi connectivity index (χ3v) is 4.71. The number of nitrogens with zero attached hydrogens (tertiary/aromatic N) is 1. The normalized spacial score (nSPS) is 27.1. The fourth-order valence-corrected chi connectivity index (χ4v) is 3.73. The zero-order valence-electron chi connectivity index (χ0n) is 10.6. The van der Waals surface area contributed by atoms with Crippen molar-refractivity contribution in [1.82, 2.24) is 10.2 Å². The predicted molar refractivity (Wildman–Crippen MR) is 74.5 cm³/mol. The molecule has 0 aromatic heterocycles. The van der Waals surface area contributed by atoms with Crippen molar-refractivity contribution in [2.45, 2.75) is 25.4 Å². The second-order valence-corrected chi connectivity index (χ2v) is 6.12. The summed E-state index contributed by atoms with van der Waals surface area (Å²) < 4.78 is 0. The number of benzene rings is 1. The Bertz CT molecular complexity index is 457. The van der Waals surface area contributed by atoms with Crippen LogP contribution in [-0.4, -0.2) is 35.0 Å². The van der Waals surface area contributed by atoms with E-state index in [-0.39, 0.29) is 11.9 Å². The van der Waals surface area contributed by atoms with Gasteiger partial charge >= 0.3 is 0 Å². The van der Waals surface area contributed by atoms with E-state index in [1.807, 2.05) is 4.90 Å². The van der Waals surface area contributed by atoms with E-state index in [1.165, 1.54) is 11.1 Å². The largest absolute Gasteiger partial charge is 0.336 e. The smallest absolute Gasteiger partial charge is 0.240 e. The number of amides is 1. The number of carbonyl (C=O) groups excluding carboxylic acids is 1. The molecule has 1 aromatic rings. The maximum absolute atomic E-state index is 12.4. The molecule has 1 saturated heterocycles. The van der Waals surface area contributed by atoms with Crippen LogP contribution in [0.3, 0.4) is 0 Å². The van der Waals surface area contributed by atoms with Crippen molar-refractivity contribution in [3.8, 4) is 0 Å². The Labute approximate surface area is 112 Å². The van der Waals surface area contributed by atoms with Crippen LogP contribution >= 0.6 is 11.8 Å². The van der Waals surface area contributed by atoms with Crippen LogP contribution in [0.2, 0.25) is 0 Å². The summed E-state index contributed by atoms with van der Waals surface area (Å²) in [4.78, 5) is 14.4. The van der Waals surface area contributed by atoms with Crippen molar-refractivity contribution in [3.63, 3.8) is 0 Å². The van der Waals surface area contributed by atoms with Crippen LogP contribution in [0.25, 0.3) is 0 Å². The highest BCUT2D eigenvalue weighted by molar-refractivity contribution is 7.99. The van der Waals surface area contributed by atoms with Crippen molar-refractivity contribution in [3.05, 3.63) is 35.4 Å². The molecule has 0 radical (unpaired) electrons. The van der Waals surface area contributed by atoms with Gasteiger partial charge in [-0.05, 0) is 17.0 Å². The average molecular weight is 262 g/mol. The van der Waals surface area contributed by atoms with Crippen LogP contribution in [0.1, 0.15) is 24.0 Å².